The Morgan fingerprint density at radius 2 is 1.70 bits per heavy atom. The second-order valence-corrected chi connectivity index (χ2v) is 9.27. The summed E-state index contributed by atoms with van der Waals surface area (Å²) < 4.78 is 2.05. The van der Waals surface area contributed by atoms with E-state index in [1.165, 1.54) is 0 Å². The molecular formula is C27H27N3O3. The van der Waals surface area contributed by atoms with Crippen molar-refractivity contribution in [1.29, 1.82) is 0 Å². The zero-order chi connectivity index (χ0) is 23.5. The molecule has 3 aromatic rings. The molecular weight excluding hydrogens is 414 g/mol. The minimum Gasteiger partial charge on any atom is -0.319 e. The van der Waals surface area contributed by atoms with Crippen LogP contribution >= 0.6 is 0 Å². The van der Waals surface area contributed by atoms with Crippen LogP contribution in [0.25, 0.3) is 5.69 Å². The first-order valence-corrected chi connectivity index (χ1v) is 11.2. The van der Waals surface area contributed by atoms with Crippen LogP contribution in [-0.2, 0) is 16.8 Å². The van der Waals surface area contributed by atoms with Crippen molar-refractivity contribution in [2.75, 3.05) is 6.54 Å². The molecule has 2 aromatic carbocycles. The summed E-state index contributed by atoms with van der Waals surface area (Å²) in [6, 6.07) is 15.3. The van der Waals surface area contributed by atoms with Crippen LogP contribution < -0.4 is 5.32 Å². The van der Waals surface area contributed by atoms with E-state index in [1.54, 1.807) is 0 Å². The average Bonchev–Trinajstić information content (AvgIpc) is 3.36. The lowest BCUT2D eigenvalue weighted by Gasteiger charge is -2.22. The van der Waals surface area contributed by atoms with Gasteiger partial charge in [0.1, 0.15) is 5.54 Å². The van der Waals surface area contributed by atoms with E-state index >= 15 is 0 Å². The van der Waals surface area contributed by atoms with Crippen molar-refractivity contribution in [3.63, 3.8) is 0 Å². The topological polar surface area (TPSA) is 71.4 Å². The highest BCUT2D eigenvalue weighted by Gasteiger charge is 2.55. The van der Waals surface area contributed by atoms with E-state index in [0.717, 1.165) is 50.6 Å². The first-order valence-electron chi connectivity index (χ1n) is 11.2. The van der Waals surface area contributed by atoms with Crippen LogP contribution in [-0.4, -0.2) is 33.7 Å². The van der Waals surface area contributed by atoms with E-state index in [9.17, 15) is 14.4 Å². The molecule has 33 heavy (non-hydrogen) atoms. The van der Waals surface area contributed by atoms with Crippen LogP contribution in [0.4, 0.5) is 4.79 Å². The maximum atomic E-state index is 13.4. The molecule has 6 nitrogen and oxygen atoms in total. The second kappa shape index (κ2) is 7.44. The lowest BCUT2D eigenvalue weighted by Crippen LogP contribution is -2.42. The maximum Gasteiger partial charge on any atom is 0.325 e. The summed E-state index contributed by atoms with van der Waals surface area (Å²) in [4.78, 5) is 40.6. The van der Waals surface area contributed by atoms with Crippen molar-refractivity contribution in [2.24, 2.45) is 0 Å². The molecule has 168 valence electrons. The fourth-order valence-electron chi connectivity index (χ4n) is 5.48. The molecule has 1 saturated heterocycles. The summed E-state index contributed by atoms with van der Waals surface area (Å²) in [6.45, 7) is 7.68. The number of nitrogens with one attached hydrogen (secondary N) is 1. The molecule has 6 heteroatoms. The summed E-state index contributed by atoms with van der Waals surface area (Å²) in [7, 11) is 0. The van der Waals surface area contributed by atoms with Crippen LogP contribution in [0.2, 0.25) is 0 Å². The lowest BCUT2D eigenvalue weighted by atomic mass is 9.92. The molecule has 1 aliphatic heterocycles. The maximum absolute atomic E-state index is 13.4. The van der Waals surface area contributed by atoms with Crippen molar-refractivity contribution in [3.8, 4) is 5.69 Å². The fraction of sp³-hybridized carbons (Fsp3) is 0.296. The molecule has 3 amide bonds. The number of carbonyl (C=O) groups is 3. The number of imide groups is 1. The third kappa shape index (κ3) is 3.20. The Morgan fingerprint density at radius 3 is 2.42 bits per heavy atom. The quantitative estimate of drug-likeness (QED) is 0.485. The number of ketones is 1. The fourth-order valence-corrected chi connectivity index (χ4v) is 5.48. The molecule has 1 N–H and O–H groups in total. The number of hydrogen-bond acceptors (Lipinski definition) is 3. The first kappa shape index (κ1) is 21.2. The van der Waals surface area contributed by atoms with E-state index in [4.69, 9.17) is 0 Å². The molecule has 0 bridgehead atoms. The number of Topliss-reactive ketones (excluding diaryl/α,β-unsaturated/α-hetero) is 1. The summed E-state index contributed by atoms with van der Waals surface area (Å²) in [5, 5.41) is 2.89. The number of rotatable bonds is 4. The van der Waals surface area contributed by atoms with Gasteiger partial charge >= 0.3 is 6.03 Å². The Hall–Kier alpha value is -3.67. The van der Waals surface area contributed by atoms with E-state index < -0.39 is 11.6 Å². The number of nitrogens with zero attached hydrogens (tertiary/aromatic N) is 2. The molecule has 0 saturated carbocycles. The normalized spacial score (nSPS) is 19.3. The molecule has 2 aliphatic rings. The monoisotopic (exact) mass is 441 g/mol. The number of hydrogen-bond donors (Lipinski definition) is 1. The number of benzene rings is 2. The summed E-state index contributed by atoms with van der Waals surface area (Å²) in [5.74, 6) is -0.584. The van der Waals surface area contributed by atoms with Crippen LogP contribution in [0.5, 0.6) is 0 Å². The Bertz CT molecular complexity index is 1320. The highest BCUT2D eigenvalue weighted by molar-refractivity contribution is 6.12. The third-order valence-electron chi connectivity index (χ3n) is 6.92. The highest BCUT2D eigenvalue weighted by atomic mass is 16.2. The SMILES string of the molecule is Cc1cc(C)cc(-n2c(C)cc(C(=O)CN3C(=O)N[C@@]4(CCc5ccccc54)C3=O)c2C)c1. The van der Waals surface area contributed by atoms with Crippen LogP contribution in [0.15, 0.2) is 48.5 Å². The molecule has 1 atom stereocenters. The third-order valence-corrected chi connectivity index (χ3v) is 6.92. The average molecular weight is 442 g/mol. The number of amides is 3. The molecule has 1 spiro atoms. The number of aryl methyl sites for hydroxylation is 4. The van der Waals surface area contributed by atoms with Crippen LogP contribution in [0.1, 0.15) is 50.4 Å². The van der Waals surface area contributed by atoms with Crippen molar-refractivity contribution in [1.82, 2.24) is 14.8 Å². The molecule has 0 radical (unpaired) electrons. The Labute approximate surface area is 193 Å². The smallest absolute Gasteiger partial charge is 0.319 e. The van der Waals surface area contributed by atoms with E-state index in [2.05, 4.69) is 23.5 Å². The predicted molar refractivity (Wildman–Crippen MR) is 126 cm³/mol. The van der Waals surface area contributed by atoms with Crippen molar-refractivity contribution in [2.45, 2.75) is 46.1 Å². The van der Waals surface area contributed by atoms with Gasteiger partial charge in [-0.2, -0.15) is 0 Å². The lowest BCUT2D eigenvalue weighted by molar-refractivity contribution is -0.131. The Morgan fingerprint density at radius 1 is 1.00 bits per heavy atom. The van der Waals surface area contributed by atoms with Gasteiger partial charge in [-0.05, 0) is 81.0 Å². The summed E-state index contributed by atoms with van der Waals surface area (Å²) in [5.41, 5.74) is 6.40. The van der Waals surface area contributed by atoms with Gasteiger partial charge in [-0.3, -0.25) is 14.5 Å². The van der Waals surface area contributed by atoms with Gasteiger partial charge in [-0.25, -0.2) is 4.79 Å². The van der Waals surface area contributed by atoms with Gasteiger partial charge < -0.3 is 9.88 Å². The van der Waals surface area contributed by atoms with Gasteiger partial charge in [-0.1, -0.05) is 30.3 Å². The minimum absolute atomic E-state index is 0.245. The molecule has 1 fully saturated rings. The highest BCUT2D eigenvalue weighted by Crippen LogP contribution is 2.41. The van der Waals surface area contributed by atoms with Crippen molar-refractivity contribution >= 4 is 17.7 Å². The number of aromatic nitrogens is 1. The minimum atomic E-state index is -1.05. The number of urea groups is 1. The van der Waals surface area contributed by atoms with E-state index in [1.807, 2.05) is 62.6 Å². The van der Waals surface area contributed by atoms with Gasteiger partial charge in [0.15, 0.2) is 5.78 Å². The molecule has 2 heterocycles. The second-order valence-electron chi connectivity index (χ2n) is 9.27. The zero-order valence-electron chi connectivity index (χ0n) is 19.4. The van der Waals surface area contributed by atoms with Crippen LogP contribution in [0, 0.1) is 27.7 Å². The summed E-state index contributed by atoms with van der Waals surface area (Å²) >= 11 is 0. The number of carbonyl (C=O) groups excluding carboxylic acids is 3. The van der Waals surface area contributed by atoms with Gasteiger partial charge in [0, 0.05) is 22.6 Å². The zero-order valence-corrected chi connectivity index (χ0v) is 19.4. The van der Waals surface area contributed by atoms with Crippen molar-refractivity contribution in [3.05, 3.63) is 87.7 Å². The van der Waals surface area contributed by atoms with Crippen molar-refractivity contribution < 1.29 is 14.4 Å². The Balaban J connectivity index is 1.44. The van der Waals surface area contributed by atoms with E-state index in [0.29, 0.717) is 12.0 Å². The predicted octanol–water partition coefficient (Wildman–Crippen LogP) is 4.29. The van der Waals surface area contributed by atoms with Gasteiger partial charge in [0.25, 0.3) is 5.91 Å². The molecule has 1 aliphatic carbocycles. The van der Waals surface area contributed by atoms with Crippen LogP contribution in [0.3, 0.4) is 0 Å². The molecule has 5 rings (SSSR count). The number of fused-ring (bicyclic) bond motifs is 2. The summed E-state index contributed by atoms with van der Waals surface area (Å²) in [6.07, 6.45) is 1.24. The molecule has 1 aromatic heterocycles. The van der Waals surface area contributed by atoms with Gasteiger partial charge in [0.05, 0.1) is 6.54 Å². The van der Waals surface area contributed by atoms with E-state index in [-0.39, 0.29) is 18.2 Å². The standard InChI is InChI=1S/C27H27N3O3/c1-16-11-17(2)13-21(12-16)30-18(3)14-22(19(30)4)24(31)15-29-25(32)27(28-26(29)33)10-9-20-7-5-6-8-23(20)27/h5-8,11-14H,9-10,15H2,1-4H3,(H,28,33)/t27-/m1/s1. The first-order chi connectivity index (χ1) is 15.7. The largest absolute Gasteiger partial charge is 0.325 e. The van der Waals surface area contributed by atoms with Gasteiger partial charge in [0.2, 0.25) is 0 Å². The molecule has 0 unspecified atom stereocenters. The van der Waals surface area contributed by atoms with Gasteiger partial charge in [-0.15, -0.1) is 0 Å². The Kier molecular flexibility index (Phi) is 4.78.